The smallest absolute Gasteiger partial charge is 0.00991 e. The lowest BCUT2D eigenvalue weighted by molar-refractivity contribution is 0.174. The highest BCUT2D eigenvalue weighted by Crippen LogP contribution is 2.29. The van der Waals surface area contributed by atoms with Crippen LogP contribution in [0.1, 0.15) is 46.5 Å². The molecule has 1 N–H and O–H groups in total. The maximum Gasteiger partial charge on any atom is 0.00991 e. The van der Waals surface area contributed by atoms with Crippen molar-refractivity contribution in [3.05, 3.63) is 0 Å². The molecule has 0 aromatic heterocycles. The maximum atomic E-state index is 3.71. The van der Waals surface area contributed by atoms with Crippen LogP contribution in [0.2, 0.25) is 0 Å². The number of likely N-dealkylation sites (tertiary alicyclic amines) is 1. The van der Waals surface area contributed by atoms with Crippen molar-refractivity contribution in [1.29, 1.82) is 0 Å². The molecular formula is C12H24N2. The zero-order valence-electron chi connectivity index (χ0n) is 9.84. The van der Waals surface area contributed by atoms with Crippen LogP contribution in [0.15, 0.2) is 0 Å². The number of nitrogens with zero attached hydrogens (tertiary/aromatic N) is 1. The number of rotatable bonds is 2. The van der Waals surface area contributed by atoms with E-state index in [1.54, 1.807) is 0 Å². The first-order valence-corrected chi connectivity index (χ1v) is 6.06. The van der Waals surface area contributed by atoms with Crippen molar-refractivity contribution in [2.24, 2.45) is 0 Å². The predicted molar refractivity (Wildman–Crippen MR) is 60.5 cm³/mol. The van der Waals surface area contributed by atoms with Gasteiger partial charge >= 0.3 is 0 Å². The van der Waals surface area contributed by atoms with Crippen molar-refractivity contribution in [2.45, 2.75) is 64.1 Å². The molecule has 0 aromatic carbocycles. The highest BCUT2D eigenvalue weighted by molar-refractivity contribution is 4.90. The summed E-state index contributed by atoms with van der Waals surface area (Å²) in [6.45, 7) is 9.43. The molecule has 2 heteroatoms. The van der Waals surface area contributed by atoms with E-state index in [9.17, 15) is 0 Å². The Morgan fingerprint density at radius 1 is 1.00 bits per heavy atom. The van der Waals surface area contributed by atoms with Crippen LogP contribution in [-0.4, -0.2) is 35.6 Å². The highest BCUT2D eigenvalue weighted by atomic mass is 15.2. The van der Waals surface area contributed by atoms with E-state index in [2.05, 4.69) is 31.0 Å². The summed E-state index contributed by atoms with van der Waals surface area (Å²) in [5, 5.41) is 3.71. The van der Waals surface area contributed by atoms with E-state index in [-0.39, 0.29) is 5.54 Å². The van der Waals surface area contributed by atoms with E-state index in [1.165, 1.54) is 38.8 Å². The van der Waals surface area contributed by atoms with Gasteiger partial charge in [0.2, 0.25) is 0 Å². The summed E-state index contributed by atoms with van der Waals surface area (Å²) in [7, 11) is 0. The summed E-state index contributed by atoms with van der Waals surface area (Å²) in [6.07, 6.45) is 5.59. The van der Waals surface area contributed by atoms with E-state index < -0.39 is 0 Å². The molecule has 14 heavy (non-hydrogen) atoms. The summed E-state index contributed by atoms with van der Waals surface area (Å²) in [5.74, 6) is 0. The van der Waals surface area contributed by atoms with Gasteiger partial charge in [0, 0.05) is 17.6 Å². The van der Waals surface area contributed by atoms with Gasteiger partial charge in [-0.05, 0) is 59.5 Å². The first-order chi connectivity index (χ1) is 6.54. The van der Waals surface area contributed by atoms with Crippen molar-refractivity contribution in [2.75, 3.05) is 13.1 Å². The van der Waals surface area contributed by atoms with E-state index >= 15 is 0 Å². The molecule has 2 rings (SSSR count). The van der Waals surface area contributed by atoms with Gasteiger partial charge in [0.25, 0.3) is 0 Å². The summed E-state index contributed by atoms with van der Waals surface area (Å²) >= 11 is 0. The molecule has 1 heterocycles. The second kappa shape index (κ2) is 3.82. The summed E-state index contributed by atoms with van der Waals surface area (Å²) in [5.41, 5.74) is 0.284. The van der Waals surface area contributed by atoms with E-state index in [0.29, 0.717) is 0 Å². The summed E-state index contributed by atoms with van der Waals surface area (Å²) in [4.78, 5) is 2.68. The molecule has 82 valence electrons. The van der Waals surface area contributed by atoms with Crippen LogP contribution in [0.3, 0.4) is 0 Å². The molecule has 1 saturated heterocycles. The molecule has 1 aliphatic carbocycles. The van der Waals surface area contributed by atoms with Crippen molar-refractivity contribution in [3.8, 4) is 0 Å². The van der Waals surface area contributed by atoms with Crippen LogP contribution >= 0.6 is 0 Å². The highest BCUT2D eigenvalue weighted by Gasteiger charge is 2.32. The number of hydrogen-bond acceptors (Lipinski definition) is 2. The normalized spacial score (nSPS) is 26.8. The average molecular weight is 196 g/mol. The van der Waals surface area contributed by atoms with Gasteiger partial charge in [0.15, 0.2) is 0 Å². The Balaban J connectivity index is 1.72. The van der Waals surface area contributed by atoms with Gasteiger partial charge in [0.1, 0.15) is 0 Å². The van der Waals surface area contributed by atoms with E-state index in [4.69, 9.17) is 0 Å². The zero-order chi connectivity index (χ0) is 10.2. The van der Waals surface area contributed by atoms with Crippen LogP contribution in [0.25, 0.3) is 0 Å². The van der Waals surface area contributed by atoms with E-state index in [0.717, 1.165) is 12.1 Å². The topological polar surface area (TPSA) is 15.3 Å². The summed E-state index contributed by atoms with van der Waals surface area (Å²) in [6, 6.07) is 1.72. The number of hydrogen-bond donors (Lipinski definition) is 1. The Morgan fingerprint density at radius 2 is 1.57 bits per heavy atom. The van der Waals surface area contributed by atoms with Gasteiger partial charge in [-0.2, -0.15) is 0 Å². The fraction of sp³-hybridized carbons (Fsp3) is 1.00. The van der Waals surface area contributed by atoms with Crippen LogP contribution in [0.4, 0.5) is 0 Å². The van der Waals surface area contributed by atoms with Crippen LogP contribution in [0, 0.1) is 0 Å². The third kappa shape index (κ3) is 2.96. The van der Waals surface area contributed by atoms with Gasteiger partial charge in [-0.25, -0.2) is 0 Å². The third-order valence-corrected chi connectivity index (χ3v) is 3.23. The lowest BCUT2D eigenvalue weighted by Crippen LogP contribution is -2.49. The Bertz CT molecular complexity index is 183. The van der Waals surface area contributed by atoms with Crippen LogP contribution in [0.5, 0.6) is 0 Å². The summed E-state index contributed by atoms with van der Waals surface area (Å²) < 4.78 is 0. The Hall–Kier alpha value is -0.0800. The molecule has 0 bridgehead atoms. The SMILES string of the molecule is CC(C)(C)NC1CCN(C2CC2)CC1. The Labute approximate surface area is 88.1 Å². The Morgan fingerprint density at radius 3 is 2.00 bits per heavy atom. The second-order valence-corrected chi connectivity index (χ2v) is 5.94. The largest absolute Gasteiger partial charge is 0.309 e. The first kappa shape index (κ1) is 10.4. The molecule has 2 aliphatic rings. The molecule has 0 unspecified atom stereocenters. The molecule has 0 amide bonds. The fourth-order valence-electron chi connectivity index (χ4n) is 2.46. The van der Waals surface area contributed by atoms with Gasteiger partial charge in [-0.3, -0.25) is 0 Å². The molecule has 2 fully saturated rings. The minimum Gasteiger partial charge on any atom is -0.309 e. The molecule has 0 aromatic rings. The predicted octanol–water partition coefficient (Wildman–Crippen LogP) is 2.00. The standard InChI is InChI=1S/C12H24N2/c1-12(2,3)13-10-6-8-14(9-7-10)11-4-5-11/h10-11,13H,4-9H2,1-3H3. The minimum atomic E-state index is 0.284. The monoisotopic (exact) mass is 196 g/mol. The molecular weight excluding hydrogens is 172 g/mol. The van der Waals surface area contributed by atoms with Crippen LogP contribution < -0.4 is 5.32 Å². The van der Waals surface area contributed by atoms with Crippen molar-refractivity contribution in [1.82, 2.24) is 10.2 Å². The second-order valence-electron chi connectivity index (χ2n) is 5.94. The van der Waals surface area contributed by atoms with Gasteiger partial charge < -0.3 is 10.2 Å². The minimum absolute atomic E-state index is 0.284. The van der Waals surface area contributed by atoms with Crippen LogP contribution in [-0.2, 0) is 0 Å². The third-order valence-electron chi connectivity index (χ3n) is 3.23. The molecule has 2 nitrogen and oxygen atoms in total. The maximum absolute atomic E-state index is 3.71. The fourth-order valence-corrected chi connectivity index (χ4v) is 2.46. The van der Waals surface area contributed by atoms with Crippen molar-refractivity contribution < 1.29 is 0 Å². The molecule has 0 atom stereocenters. The first-order valence-electron chi connectivity index (χ1n) is 6.06. The quantitative estimate of drug-likeness (QED) is 0.726. The number of nitrogens with one attached hydrogen (secondary N) is 1. The molecule has 1 saturated carbocycles. The Kier molecular flexibility index (Phi) is 2.85. The van der Waals surface area contributed by atoms with Crippen molar-refractivity contribution in [3.63, 3.8) is 0 Å². The lowest BCUT2D eigenvalue weighted by atomic mass is 10.00. The zero-order valence-corrected chi connectivity index (χ0v) is 9.84. The molecule has 0 radical (unpaired) electrons. The molecule has 0 spiro atoms. The van der Waals surface area contributed by atoms with Crippen molar-refractivity contribution >= 4 is 0 Å². The average Bonchev–Trinajstić information content (AvgIpc) is 2.85. The van der Waals surface area contributed by atoms with Gasteiger partial charge in [0.05, 0.1) is 0 Å². The lowest BCUT2D eigenvalue weighted by Gasteiger charge is -2.36. The van der Waals surface area contributed by atoms with Gasteiger partial charge in [-0.1, -0.05) is 0 Å². The van der Waals surface area contributed by atoms with Gasteiger partial charge in [-0.15, -0.1) is 0 Å². The molecule has 1 aliphatic heterocycles. The van der Waals surface area contributed by atoms with E-state index in [1.807, 2.05) is 0 Å². The number of piperidine rings is 1.